The molecule has 0 aliphatic carbocycles. The number of carbonyl (C=O) groups excluding carboxylic acids is 1. The lowest BCUT2D eigenvalue weighted by atomic mass is 10.3. The average Bonchev–Trinajstić information content (AvgIpc) is 2.41. The number of amides is 1. The maximum absolute atomic E-state index is 12.5. The van der Waals surface area contributed by atoms with E-state index in [9.17, 15) is 13.2 Å². The Morgan fingerprint density at radius 3 is 2.30 bits per heavy atom. The average molecular weight is 337 g/mol. The minimum Gasteiger partial charge on any atom is -0.340 e. The lowest BCUT2D eigenvalue weighted by molar-refractivity contribution is -0.129. The van der Waals surface area contributed by atoms with Crippen molar-refractivity contribution in [3.63, 3.8) is 0 Å². The minimum atomic E-state index is -3.69. The molecule has 1 fully saturated rings. The van der Waals surface area contributed by atoms with Crippen LogP contribution in [0.4, 0.5) is 0 Å². The highest BCUT2D eigenvalue weighted by atomic mass is 35.5. The smallest absolute Gasteiger partial charge is 0.244 e. The summed E-state index contributed by atoms with van der Waals surface area (Å²) in [6, 6.07) is 4.52. The number of hydrogen-bond acceptors (Lipinski definition) is 3. The summed E-state index contributed by atoms with van der Waals surface area (Å²) in [4.78, 5) is 12.9. The fraction of sp³-hybridized carbons (Fsp3) is 0.417. The van der Waals surface area contributed by atoms with Gasteiger partial charge in [0.2, 0.25) is 15.9 Å². The van der Waals surface area contributed by atoms with Gasteiger partial charge in [-0.1, -0.05) is 29.3 Å². The summed E-state index contributed by atoms with van der Waals surface area (Å²) in [5.74, 6) is -0.0529. The van der Waals surface area contributed by atoms with Crippen LogP contribution in [0.2, 0.25) is 10.0 Å². The van der Waals surface area contributed by atoms with Gasteiger partial charge in [0.1, 0.15) is 4.90 Å². The lowest BCUT2D eigenvalue weighted by Gasteiger charge is -2.33. The van der Waals surface area contributed by atoms with Gasteiger partial charge in [-0.05, 0) is 12.1 Å². The molecule has 20 heavy (non-hydrogen) atoms. The second kappa shape index (κ2) is 5.89. The summed E-state index contributed by atoms with van der Waals surface area (Å²) in [6.45, 7) is 2.74. The normalized spacial score (nSPS) is 17.2. The summed E-state index contributed by atoms with van der Waals surface area (Å²) in [6.07, 6.45) is 0. The van der Waals surface area contributed by atoms with Gasteiger partial charge in [-0.25, -0.2) is 8.42 Å². The van der Waals surface area contributed by atoms with E-state index in [0.717, 1.165) is 0 Å². The van der Waals surface area contributed by atoms with Crippen LogP contribution in [0.1, 0.15) is 6.92 Å². The predicted octanol–water partition coefficient (Wildman–Crippen LogP) is 1.85. The van der Waals surface area contributed by atoms with Gasteiger partial charge in [-0.2, -0.15) is 4.31 Å². The Kier molecular flexibility index (Phi) is 4.59. The van der Waals surface area contributed by atoms with Crippen molar-refractivity contribution in [3.05, 3.63) is 28.2 Å². The van der Waals surface area contributed by atoms with E-state index < -0.39 is 10.0 Å². The van der Waals surface area contributed by atoms with Gasteiger partial charge < -0.3 is 4.90 Å². The number of benzene rings is 1. The molecule has 0 spiro atoms. The van der Waals surface area contributed by atoms with E-state index in [1.807, 2.05) is 0 Å². The maximum atomic E-state index is 12.5. The quantitative estimate of drug-likeness (QED) is 0.828. The van der Waals surface area contributed by atoms with Crippen LogP contribution in [0.15, 0.2) is 23.1 Å². The minimum absolute atomic E-state index is 0.00272. The molecule has 8 heteroatoms. The second-order valence-electron chi connectivity index (χ2n) is 4.46. The Labute approximate surface area is 128 Å². The summed E-state index contributed by atoms with van der Waals surface area (Å²) < 4.78 is 26.4. The molecular weight excluding hydrogens is 323 g/mol. The van der Waals surface area contributed by atoms with Crippen molar-refractivity contribution in [2.24, 2.45) is 0 Å². The van der Waals surface area contributed by atoms with E-state index in [-0.39, 0.29) is 33.9 Å². The monoisotopic (exact) mass is 336 g/mol. The van der Waals surface area contributed by atoms with Crippen molar-refractivity contribution >= 4 is 39.1 Å². The molecule has 1 aliphatic heterocycles. The summed E-state index contributed by atoms with van der Waals surface area (Å²) in [7, 11) is -3.69. The van der Waals surface area contributed by atoms with E-state index in [2.05, 4.69) is 0 Å². The van der Waals surface area contributed by atoms with Gasteiger partial charge in [0.05, 0.1) is 10.0 Å². The Balaban J connectivity index is 2.24. The number of rotatable bonds is 2. The Bertz CT molecular complexity index is 626. The van der Waals surface area contributed by atoms with Gasteiger partial charge in [-0.3, -0.25) is 4.79 Å². The zero-order valence-corrected chi connectivity index (χ0v) is 13.2. The van der Waals surface area contributed by atoms with Crippen LogP contribution in [0.3, 0.4) is 0 Å². The predicted molar refractivity (Wildman–Crippen MR) is 77.5 cm³/mol. The summed E-state index contributed by atoms with van der Waals surface area (Å²) in [5, 5.41) is 0.235. The third-order valence-electron chi connectivity index (χ3n) is 3.22. The molecule has 2 rings (SSSR count). The molecule has 1 aliphatic rings. The molecule has 0 N–H and O–H groups in total. The highest BCUT2D eigenvalue weighted by molar-refractivity contribution is 7.89. The zero-order valence-electron chi connectivity index (χ0n) is 10.8. The van der Waals surface area contributed by atoms with E-state index in [1.165, 1.54) is 23.4 Å². The number of sulfonamides is 1. The number of carbonyl (C=O) groups is 1. The zero-order chi connectivity index (χ0) is 14.9. The van der Waals surface area contributed by atoms with E-state index in [0.29, 0.717) is 13.1 Å². The SMILES string of the molecule is CC(=O)N1CCN(S(=O)(=O)c2cccc(Cl)c2Cl)CC1. The topological polar surface area (TPSA) is 57.7 Å². The van der Waals surface area contributed by atoms with Gasteiger partial charge >= 0.3 is 0 Å². The fourth-order valence-electron chi connectivity index (χ4n) is 2.07. The first-order valence-electron chi connectivity index (χ1n) is 6.03. The van der Waals surface area contributed by atoms with E-state index >= 15 is 0 Å². The Morgan fingerprint density at radius 1 is 1.15 bits per heavy atom. The molecule has 110 valence electrons. The molecular formula is C12H14Cl2N2O3S. The number of piperazine rings is 1. The summed E-state index contributed by atoms with van der Waals surface area (Å²) in [5.41, 5.74) is 0. The first-order chi connectivity index (χ1) is 9.34. The molecule has 0 aromatic heterocycles. The van der Waals surface area contributed by atoms with Crippen molar-refractivity contribution in [3.8, 4) is 0 Å². The van der Waals surface area contributed by atoms with Crippen LogP contribution in [0, 0.1) is 0 Å². The number of nitrogens with zero attached hydrogens (tertiary/aromatic N) is 2. The molecule has 1 saturated heterocycles. The maximum Gasteiger partial charge on any atom is 0.244 e. The highest BCUT2D eigenvalue weighted by Crippen LogP contribution is 2.31. The Morgan fingerprint density at radius 2 is 1.75 bits per heavy atom. The van der Waals surface area contributed by atoms with E-state index in [4.69, 9.17) is 23.2 Å². The third-order valence-corrected chi connectivity index (χ3v) is 6.09. The first-order valence-corrected chi connectivity index (χ1v) is 8.23. The van der Waals surface area contributed by atoms with Crippen molar-refractivity contribution in [1.82, 2.24) is 9.21 Å². The molecule has 0 saturated carbocycles. The van der Waals surface area contributed by atoms with Crippen LogP contribution < -0.4 is 0 Å². The summed E-state index contributed by atoms with van der Waals surface area (Å²) >= 11 is 11.8. The third kappa shape index (κ3) is 2.93. The van der Waals surface area contributed by atoms with Crippen molar-refractivity contribution in [2.45, 2.75) is 11.8 Å². The van der Waals surface area contributed by atoms with Crippen molar-refractivity contribution in [1.29, 1.82) is 0 Å². The van der Waals surface area contributed by atoms with E-state index in [1.54, 1.807) is 11.0 Å². The number of halogens is 2. The van der Waals surface area contributed by atoms with Crippen LogP contribution in [-0.4, -0.2) is 49.7 Å². The lowest BCUT2D eigenvalue weighted by Crippen LogP contribution is -2.49. The van der Waals surface area contributed by atoms with Gasteiger partial charge in [-0.15, -0.1) is 0 Å². The molecule has 0 unspecified atom stereocenters. The molecule has 1 amide bonds. The molecule has 0 bridgehead atoms. The largest absolute Gasteiger partial charge is 0.340 e. The number of hydrogen-bond donors (Lipinski definition) is 0. The molecule has 1 heterocycles. The Hall–Kier alpha value is -0.820. The highest BCUT2D eigenvalue weighted by Gasteiger charge is 2.31. The molecule has 0 atom stereocenters. The molecule has 1 aromatic carbocycles. The van der Waals surface area contributed by atoms with Gasteiger partial charge in [0.15, 0.2) is 0 Å². The van der Waals surface area contributed by atoms with Crippen LogP contribution in [-0.2, 0) is 14.8 Å². The van der Waals surface area contributed by atoms with Crippen LogP contribution in [0.5, 0.6) is 0 Å². The second-order valence-corrected chi connectivity index (χ2v) is 7.15. The first kappa shape index (κ1) is 15.6. The molecule has 0 radical (unpaired) electrons. The van der Waals surface area contributed by atoms with Crippen molar-refractivity contribution < 1.29 is 13.2 Å². The molecule has 1 aromatic rings. The van der Waals surface area contributed by atoms with Crippen LogP contribution in [0.25, 0.3) is 0 Å². The fourth-order valence-corrected chi connectivity index (χ4v) is 4.22. The van der Waals surface area contributed by atoms with Crippen LogP contribution >= 0.6 is 23.2 Å². The standard InChI is InChI=1S/C12H14Cl2N2O3S/c1-9(17)15-5-7-16(8-6-15)20(18,19)11-4-2-3-10(13)12(11)14/h2-4H,5-8H2,1H3. The van der Waals surface area contributed by atoms with Crippen molar-refractivity contribution in [2.75, 3.05) is 26.2 Å². The molecule has 5 nitrogen and oxygen atoms in total. The van der Waals surface area contributed by atoms with Gasteiger partial charge in [0, 0.05) is 33.1 Å². The van der Waals surface area contributed by atoms with Gasteiger partial charge in [0.25, 0.3) is 0 Å².